The van der Waals surface area contributed by atoms with Crippen LogP contribution in [0.5, 0.6) is 0 Å². The van der Waals surface area contributed by atoms with Gasteiger partial charge in [0.2, 0.25) is 0 Å². The van der Waals surface area contributed by atoms with Crippen molar-refractivity contribution in [3.8, 4) is 0 Å². The first-order valence-corrected chi connectivity index (χ1v) is 5.00. The lowest BCUT2D eigenvalue weighted by atomic mass is 9.84. The summed E-state index contributed by atoms with van der Waals surface area (Å²) in [5, 5.41) is 18.7. The zero-order chi connectivity index (χ0) is 10.1. The predicted molar refractivity (Wildman–Crippen MR) is 53.4 cm³/mol. The van der Waals surface area contributed by atoms with Crippen molar-refractivity contribution >= 4 is 0 Å². The van der Waals surface area contributed by atoms with Gasteiger partial charge >= 0.3 is 0 Å². The maximum Gasteiger partial charge on any atom is 0.0651 e. The largest absolute Gasteiger partial charge is 0.396 e. The maximum absolute atomic E-state index is 9.95. The van der Waals surface area contributed by atoms with Crippen molar-refractivity contribution in [3.63, 3.8) is 0 Å². The number of aliphatic hydroxyl groups excluding tert-OH is 1. The Balaban J connectivity index is 2.59. The number of hydrogen-bond acceptors (Lipinski definition) is 2. The summed E-state index contributed by atoms with van der Waals surface area (Å²) in [6.07, 6.45) is 2.53. The van der Waals surface area contributed by atoms with E-state index in [1.54, 1.807) is 0 Å². The monoisotopic (exact) mass is 184 g/mol. The van der Waals surface area contributed by atoms with Gasteiger partial charge in [0.25, 0.3) is 0 Å². The van der Waals surface area contributed by atoms with Crippen molar-refractivity contribution in [1.29, 1.82) is 0 Å². The van der Waals surface area contributed by atoms with E-state index in [-0.39, 0.29) is 12.5 Å². The molecule has 0 spiro atoms. The Morgan fingerprint density at radius 3 is 2.62 bits per heavy atom. The van der Waals surface area contributed by atoms with Crippen LogP contribution >= 0.6 is 0 Å². The summed E-state index contributed by atoms with van der Waals surface area (Å²) in [7, 11) is 0. The van der Waals surface area contributed by atoms with E-state index in [4.69, 9.17) is 5.11 Å². The van der Waals surface area contributed by atoms with Gasteiger partial charge in [-0.2, -0.15) is 0 Å². The van der Waals surface area contributed by atoms with Crippen molar-refractivity contribution in [3.05, 3.63) is 12.2 Å². The molecule has 2 N–H and O–H groups in total. The average molecular weight is 184 g/mol. The highest BCUT2D eigenvalue weighted by Crippen LogP contribution is 2.43. The van der Waals surface area contributed by atoms with Crippen LogP contribution in [0.2, 0.25) is 0 Å². The molecule has 2 nitrogen and oxygen atoms in total. The fraction of sp³-hybridized carbons (Fsp3) is 0.818. The third kappa shape index (κ3) is 2.12. The smallest absolute Gasteiger partial charge is 0.0651 e. The SMILES string of the molecule is C=C(CCO)[C@@H]1CC[C@@](C)(O)[C@H]1C. The van der Waals surface area contributed by atoms with Gasteiger partial charge in [-0.05, 0) is 38.0 Å². The summed E-state index contributed by atoms with van der Waals surface area (Å²) in [4.78, 5) is 0. The molecule has 0 aromatic rings. The molecule has 0 aliphatic heterocycles. The van der Waals surface area contributed by atoms with E-state index in [9.17, 15) is 5.11 Å². The van der Waals surface area contributed by atoms with Crippen molar-refractivity contribution in [2.24, 2.45) is 11.8 Å². The first kappa shape index (κ1) is 10.7. The zero-order valence-corrected chi connectivity index (χ0v) is 8.58. The molecule has 0 heterocycles. The van der Waals surface area contributed by atoms with Gasteiger partial charge in [0, 0.05) is 6.61 Å². The van der Waals surface area contributed by atoms with Crippen LogP contribution in [0.4, 0.5) is 0 Å². The molecule has 0 unspecified atom stereocenters. The van der Waals surface area contributed by atoms with Crippen LogP contribution in [0.3, 0.4) is 0 Å². The Bertz CT molecular complexity index is 196. The molecule has 1 aliphatic rings. The van der Waals surface area contributed by atoms with Crippen LogP contribution in [-0.2, 0) is 0 Å². The quantitative estimate of drug-likeness (QED) is 0.656. The van der Waals surface area contributed by atoms with Crippen LogP contribution in [0.25, 0.3) is 0 Å². The van der Waals surface area contributed by atoms with Crippen LogP contribution in [0, 0.1) is 11.8 Å². The van der Waals surface area contributed by atoms with Crippen LogP contribution in [0.15, 0.2) is 12.2 Å². The molecule has 1 fully saturated rings. The minimum Gasteiger partial charge on any atom is -0.396 e. The van der Waals surface area contributed by atoms with Gasteiger partial charge in [-0.15, -0.1) is 0 Å². The van der Waals surface area contributed by atoms with Gasteiger partial charge < -0.3 is 10.2 Å². The first-order chi connectivity index (χ1) is 5.99. The van der Waals surface area contributed by atoms with E-state index >= 15 is 0 Å². The molecule has 1 rings (SSSR count). The summed E-state index contributed by atoms with van der Waals surface area (Å²) in [6, 6.07) is 0. The summed E-state index contributed by atoms with van der Waals surface area (Å²) < 4.78 is 0. The standard InChI is InChI=1S/C11H20O2/c1-8(5-7-12)10-4-6-11(3,13)9(10)2/h9-10,12-13H,1,4-7H2,2-3H3/t9-,10-,11+/m0/s1. The predicted octanol–water partition coefficient (Wildman–Crippen LogP) is 1.72. The van der Waals surface area contributed by atoms with Crippen LogP contribution in [-0.4, -0.2) is 22.4 Å². The summed E-state index contributed by atoms with van der Waals surface area (Å²) in [5.41, 5.74) is 0.552. The molecule has 0 saturated heterocycles. The Labute approximate surface area is 80.3 Å². The van der Waals surface area contributed by atoms with Gasteiger partial charge in [-0.1, -0.05) is 19.1 Å². The van der Waals surface area contributed by atoms with Crippen molar-refractivity contribution in [1.82, 2.24) is 0 Å². The van der Waals surface area contributed by atoms with Crippen molar-refractivity contribution < 1.29 is 10.2 Å². The Hall–Kier alpha value is -0.340. The lowest BCUT2D eigenvalue weighted by molar-refractivity contribution is 0.0213. The molecule has 0 aromatic carbocycles. The van der Waals surface area contributed by atoms with Gasteiger partial charge in [-0.3, -0.25) is 0 Å². The second-order valence-corrected chi connectivity index (χ2v) is 4.42. The number of rotatable bonds is 3. The third-order valence-electron chi connectivity index (χ3n) is 3.50. The van der Waals surface area contributed by atoms with Crippen molar-refractivity contribution in [2.75, 3.05) is 6.61 Å². The topological polar surface area (TPSA) is 40.5 Å². The highest BCUT2D eigenvalue weighted by atomic mass is 16.3. The van der Waals surface area contributed by atoms with Gasteiger partial charge in [0.1, 0.15) is 0 Å². The third-order valence-corrected chi connectivity index (χ3v) is 3.50. The molecule has 0 aromatic heterocycles. The van der Waals surface area contributed by atoms with E-state index in [2.05, 4.69) is 13.5 Å². The second kappa shape index (κ2) is 3.81. The minimum absolute atomic E-state index is 0.171. The number of aliphatic hydroxyl groups is 2. The van der Waals surface area contributed by atoms with Gasteiger partial charge in [-0.25, -0.2) is 0 Å². The van der Waals surface area contributed by atoms with E-state index in [0.717, 1.165) is 18.4 Å². The lowest BCUT2D eigenvalue weighted by Gasteiger charge is -2.26. The van der Waals surface area contributed by atoms with Gasteiger partial charge in [0.05, 0.1) is 5.60 Å². The van der Waals surface area contributed by atoms with Crippen molar-refractivity contribution in [2.45, 2.75) is 38.7 Å². The fourth-order valence-electron chi connectivity index (χ4n) is 2.25. The van der Waals surface area contributed by atoms with E-state index in [0.29, 0.717) is 12.3 Å². The van der Waals surface area contributed by atoms with E-state index < -0.39 is 5.60 Å². The molecule has 13 heavy (non-hydrogen) atoms. The van der Waals surface area contributed by atoms with Crippen LogP contribution in [0.1, 0.15) is 33.1 Å². The summed E-state index contributed by atoms with van der Waals surface area (Å²) in [5.74, 6) is 0.661. The molecular formula is C11H20O2. The molecule has 0 amide bonds. The summed E-state index contributed by atoms with van der Waals surface area (Å²) >= 11 is 0. The summed E-state index contributed by atoms with van der Waals surface area (Å²) in [6.45, 7) is 8.10. The molecule has 3 atom stereocenters. The highest BCUT2D eigenvalue weighted by Gasteiger charge is 2.41. The Morgan fingerprint density at radius 2 is 2.23 bits per heavy atom. The Morgan fingerprint density at radius 1 is 1.62 bits per heavy atom. The highest BCUT2D eigenvalue weighted by molar-refractivity contribution is 5.09. The maximum atomic E-state index is 9.95. The van der Waals surface area contributed by atoms with Gasteiger partial charge in [0.15, 0.2) is 0 Å². The Kier molecular flexibility index (Phi) is 3.14. The van der Waals surface area contributed by atoms with E-state index in [1.807, 2.05) is 6.92 Å². The molecule has 1 saturated carbocycles. The fourth-order valence-corrected chi connectivity index (χ4v) is 2.25. The van der Waals surface area contributed by atoms with E-state index in [1.165, 1.54) is 0 Å². The second-order valence-electron chi connectivity index (χ2n) is 4.42. The normalized spacial score (nSPS) is 39.4. The zero-order valence-electron chi connectivity index (χ0n) is 8.58. The first-order valence-electron chi connectivity index (χ1n) is 5.00. The lowest BCUT2D eigenvalue weighted by Crippen LogP contribution is -2.29. The molecule has 0 radical (unpaired) electrons. The molecular weight excluding hydrogens is 164 g/mol. The molecule has 2 heteroatoms. The molecule has 1 aliphatic carbocycles. The van der Waals surface area contributed by atoms with Crippen LogP contribution < -0.4 is 0 Å². The average Bonchev–Trinajstić information content (AvgIpc) is 2.28. The minimum atomic E-state index is -0.539. The number of hydrogen-bond donors (Lipinski definition) is 2. The molecule has 76 valence electrons. The molecule has 0 bridgehead atoms.